The summed E-state index contributed by atoms with van der Waals surface area (Å²) in [5, 5.41) is 4.06. The number of benzene rings is 1. The highest BCUT2D eigenvalue weighted by Crippen LogP contribution is 2.22. The third-order valence-electron chi connectivity index (χ3n) is 4.87. The number of nitrogens with zero attached hydrogens (tertiary/aromatic N) is 1. The predicted octanol–water partition coefficient (Wildman–Crippen LogP) is 2.84. The number of hydrogen-bond acceptors (Lipinski definition) is 2. The van der Waals surface area contributed by atoms with Crippen LogP contribution in [0.1, 0.15) is 31.2 Å². The van der Waals surface area contributed by atoms with Crippen LogP contribution in [0.5, 0.6) is 0 Å². The lowest BCUT2D eigenvalue weighted by Gasteiger charge is -2.33. The quantitative estimate of drug-likeness (QED) is 0.911. The molecule has 1 aromatic carbocycles. The zero-order valence-corrected chi connectivity index (χ0v) is 13.7. The van der Waals surface area contributed by atoms with Crippen LogP contribution in [0, 0.1) is 5.82 Å². The van der Waals surface area contributed by atoms with Gasteiger partial charge in [0.05, 0.1) is 6.42 Å². The van der Waals surface area contributed by atoms with Crippen molar-refractivity contribution in [2.45, 2.75) is 44.2 Å². The predicted molar refractivity (Wildman–Crippen MR) is 89.8 cm³/mol. The average Bonchev–Trinajstić information content (AvgIpc) is 2.89. The number of amides is 1. The highest BCUT2D eigenvalue weighted by molar-refractivity contribution is 5.89. The first-order valence-electron chi connectivity index (χ1n) is 8.24. The smallest absolute Gasteiger partial charge is 0.224 e. The number of fused-ring (bicyclic) bond motifs is 1. The summed E-state index contributed by atoms with van der Waals surface area (Å²) in [6, 6.07) is 5.53. The van der Waals surface area contributed by atoms with Crippen molar-refractivity contribution >= 4 is 16.8 Å². The Labute approximate surface area is 136 Å². The molecule has 124 valence electrons. The van der Waals surface area contributed by atoms with E-state index in [-0.39, 0.29) is 17.8 Å². The lowest BCUT2D eigenvalue weighted by Crippen LogP contribution is -2.42. The van der Waals surface area contributed by atoms with Crippen molar-refractivity contribution in [2.75, 3.05) is 14.1 Å². The Bertz CT molecular complexity index is 687. The molecular weight excluding hydrogens is 293 g/mol. The first-order valence-corrected chi connectivity index (χ1v) is 8.24. The van der Waals surface area contributed by atoms with E-state index in [2.05, 4.69) is 29.3 Å². The number of aromatic amines is 1. The summed E-state index contributed by atoms with van der Waals surface area (Å²) < 4.78 is 13.2. The molecule has 1 saturated carbocycles. The number of rotatable bonds is 4. The van der Waals surface area contributed by atoms with Gasteiger partial charge in [0.1, 0.15) is 5.82 Å². The second kappa shape index (κ2) is 6.71. The minimum absolute atomic E-state index is 0.0449. The largest absolute Gasteiger partial charge is 0.361 e. The van der Waals surface area contributed by atoms with Gasteiger partial charge in [-0.1, -0.05) is 0 Å². The summed E-state index contributed by atoms with van der Waals surface area (Å²) in [6.07, 6.45) is 6.46. The molecule has 1 amide bonds. The zero-order chi connectivity index (χ0) is 16.4. The number of aromatic nitrogens is 1. The fraction of sp³-hybridized carbons (Fsp3) is 0.500. The third kappa shape index (κ3) is 3.72. The molecule has 0 atom stereocenters. The maximum atomic E-state index is 13.2. The molecule has 4 nitrogen and oxygen atoms in total. The molecule has 1 heterocycles. The van der Waals surface area contributed by atoms with Gasteiger partial charge in [0, 0.05) is 29.2 Å². The van der Waals surface area contributed by atoms with Crippen LogP contribution in [0.25, 0.3) is 10.9 Å². The molecule has 2 N–H and O–H groups in total. The van der Waals surface area contributed by atoms with E-state index in [0.717, 1.165) is 42.1 Å². The Kier molecular flexibility index (Phi) is 4.66. The van der Waals surface area contributed by atoms with Crippen molar-refractivity contribution in [3.05, 3.63) is 35.8 Å². The Morgan fingerprint density at radius 1 is 1.30 bits per heavy atom. The van der Waals surface area contributed by atoms with Crippen LogP contribution in [0.2, 0.25) is 0 Å². The van der Waals surface area contributed by atoms with Gasteiger partial charge < -0.3 is 15.2 Å². The third-order valence-corrected chi connectivity index (χ3v) is 4.87. The van der Waals surface area contributed by atoms with E-state index in [1.54, 1.807) is 12.3 Å². The molecule has 0 spiro atoms. The molecule has 0 unspecified atom stereocenters. The molecule has 1 aromatic heterocycles. The number of carbonyl (C=O) groups is 1. The number of halogens is 1. The van der Waals surface area contributed by atoms with Crippen molar-refractivity contribution < 1.29 is 9.18 Å². The van der Waals surface area contributed by atoms with Crippen LogP contribution in [-0.4, -0.2) is 42.0 Å². The maximum Gasteiger partial charge on any atom is 0.224 e. The van der Waals surface area contributed by atoms with Gasteiger partial charge in [-0.3, -0.25) is 4.79 Å². The summed E-state index contributed by atoms with van der Waals surface area (Å²) in [4.78, 5) is 17.6. The fourth-order valence-electron chi connectivity index (χ4n) is 3.49. The zero-order valence-electron chi connectivity index (χ0n) is 13.7. The molecule has 0 bridgehead atoms. The second-order valence-electron chi connectivity index (χ2n) is 6.72. The molecule has 1 fully saturated rings. The van der Waals surface area contributed by atoms with E-state index in [9.17, 15) is 9.18 Å². The van der Waals surface area contributed by atoms with Gasteiger partial charge in [0.25, 0.3) is 0 Å². The highest BCUT2D eigenvalue weighted by Gasteiger charge is 2.23. The molecule has 23 heavy (non-hydrogen) atoms. The summed E-state index contributed by atoms with van der Waals surface area (Å²) >= 11 is 0. The summed E-state index contributed by atoms with van der Waals surface area (Å²) in [5.74, 6) is -0.225. The molecule has 2 aromatic rings. The van der Waals surface area contributed by atoms with E-state index in [1.807, 2.05) is 0 Å². The van der Waals surface area contributed by atoms with Crippen molar-refractivity contribution in [3.63, 3.8) is 0 Å². The monoisotopic (exact) mass is 317 g/mol. The van der Waals surface area contributed by atoms with Crippen LogP contribution in [-0.2, 0) is 11.2 Å². The van der Waals surface area contributed by atoms with Crippen molar-refractivity contribution in [1.82, 2.24) is 15.2 Å². The van der Waals surface area contributed by atoms with E-state index in [4.69, 9.17) is 0 Å². The minimum Gasteiger partial charge on any atom is -0.361 e. The van der Waals surface area contributed by atoms with E-state index in [0.29, 0.717) is 12.5 Å². The number of carbonyl (C=O) groups excluding carboxylic acids is 1. The average molecular weight is 317 g/mol. The Morgan fingerprint density at radius 2 is 2.04 bits per heavy atom. The van der Waals surface area contributed by atoms with Crippen molar-refractivity contribution in [2.24, 2.45) is 0 Å². The van der Waals surface area contributed by atoms with Crippen LogP contribution in [0.15, 0.2) is 24.4 Å². The van der Waals surface area contributed by atoms with Crippen molar-refractivity contribution in [1.29, 1.82) is 0 Å². The van der Waals surface area contributed by atoms with Gasteiger partial charge in [0.15, 0.2) is 0 Å². The molecule has 0 aliphatic heterocycles. The molecule has 5 heteroatoms. The van der Waals surface area contributed by atoms with Crippen LogP contribution in [0.3, 0.4) is 0 Å². The first kappa shape index (κ1) is 16.0. The normalized spacial score (nSPS) is 21.7. The van der Waals surface area contributed by atoms with Crippen LogP contribution < -0.4 is 5.32 Å². The maximum absolute atomic E-state index is 13.2. The van der Waals surface area contributed by atoms with Gasteiger partial charge in [-0.25, -0.2) is 4.39 Å². The van der Waals surface area contributed by atoms with Gasteiger partial charge in [-0.05, 0) is 63.5 Å². The van der Waals surface area contributed by atoms with Gasteiger partial charge in [-0.15, -0.1) is 0 Å². The highest BCUT2D eigenvalue weighted by atomic mass is 19.1. The number of H-pyrrole nitrogens is 1. The van der Waals surface area contributed by atoms with Gasteiger partial charge >= 0.3 is 0 Å². The van der Waals surface area contributed by atoms with Gasteiger partial charge in [-0.2, -0.15) is 0 Å². The second-order valence-corrected chi connectivity index (χ2v) is 6.72. The molecule has 1 aliphatic rings. The molecule has 3 rings (SSSR count). The molecular formula is C18H24FN3O. The lowest BCUT2D eigenvalue weighted by atomic mass is 9.90. The van der Waals surface area contributed by atoms with Crippen LogP contribution >= 0.6 is 0 Å². The van der Waals surface area contributed by atoms with Crippen LogP contribution in [0.4, 0.5) is 4.39 Å². The Hall–Kier alpha value is -1.88. The number of hydrogen-bond donors (Lipinski definition) is 2. The topological polar surface area (TPSA) is 48.1 Å². The van der Waals surface area contributed by atoms with E-state index < -0.39 is 0 Å². The van der Waals surface area contributed by atoms with E-state index in [1.165, 1.54) is 12.1 Å². The number of nitrogens with one attached hydrogen (secondary N) is 2. The Morgan fingerprint density at radius 3 is 2.74 bits per heavy atom. The molecule has 0 radical (unpaired) electrons. The summed E-state index contributed by atoms with van der Waals surface area (Å²) in [5.41, 5.74) is 1.65. The molecule has 1 aliphatic carbocycles. The minimum atomic E-state index is -0.270. The summed E-state index contributed by atoms with van der Waals surface area (Å²) in [6.45, 7) is 0. The lowest BCUT2D eigenvalue weighted by molar-refractivity contribution is -0.121. The van der Waals surface area contributed by atoms with E-state index >= 15 is 0 Å². The standard InChI is InChI=1S/C18H24FN3O/c1-22(2)15-6-4-14(5-7-15)21-18(23)9-12-11-20-17-10-13(19)3-8-16(12)17/h3,8,10-11,14-15,20H,4-7,9H2,1-2H3,(H,21,23). The molecule has 0 saturated heterocycles. The summed E-state index contributed by atoms with van der Waals surface area (Å²) in [7, 11) is 4.23. The fourth-order valence-corrected chi connectivity index (χ4v) is 3.49. The van der Waals surface area contributed by atoms with Gasteiger partial charge in [0.2, 0.25) is 5.91 Å². The SMILES string of the molecule is CN(C)C1CCC(NC(=O)Cc2c[nH]c3cc(F)ccc23)CC1. The Balaban J connectivity index is 1.57. The first-order chi connectivity index (χ1) is 11.0. The van der Waals surface area contributed by atoms with Crippen molar-refractivity contribution in [3.8, 4) is 0 Å².